The number of rotatable bonds is 2. The zero-order valence-corrected chi connectivity index (χ0v) is 6.93. The van der Waals surface area contributed by atoms with Crippen LogP contribution in [-0.2, 0) is 9.59 Å². The predicted octanol–water partition coefficient (Wildman–Crippen LogP) is 1.72. The Morgan fingerprint density at radius 1 is 1.27 bits per heavy atom. The first-order valence-electron chi connectivity index (χ1n) is 4.19. The first-order chi connectivity index (χ1) is 5.21. The molecule has 0 saturated heterocycles. The summed E-state index contributed by atoms with van der Waals surface area (Å²) in [5.74, 6) is 0.0483. The van der Waals surface area contributed by atoms with Crippen molar-refractivity contribution in [1.29, 1.82) is 0 Å². The molecule has 1 fully saturated rings. The van der Waals surface area contributed by atoms with Gasteiger partial charge in [-0.3, -0.25) is 4.79 Å². The Kier molecular flexibility index (Phi) is 2.42. The lowest BCUT2D eigenvalue weighted by Gasteiger charge is -2.28. The van der Waals surface area contributed by atoms with Crippen molar-refractivity contribution in [1.82, 2.24) is 0 Å². The second kappa shape index (κ2) is 3.16. The van der Waals surface area contributed by atoms with E-state index in [9.17, 15) is 9.59 Å². The van der Waals surface area contributed by atoms with Crippen LogP contribution >= 0.6 is 0 Å². The third kappa shape index (κ3) is 1.50. The topological polar surface area (TPSA) is 34.1 Å². The van der Waals surface area contributed by atoms with Crippen LogP contribution in [-0.4, -0.2) is 12.1 Å². The van der Waals surface area contributed by atoms with E-state index in [1.807, 2.05) is 0 Å². The second-order valence-electron chi connectivity index (χ2n) is 3.39. The van der Waals surface area contributed by atoms with Gasteiger partial charge in [-0.2, -0.15) is 0 Å². The van der Waals surface area contributed by atoms with Gasteiger partial charge < -0.3 is 4.79 Å². The molecular weight excluding hydrogens is 140 g/mol. The van der Waals surface area contributed by atoms with E-state index in [-0.39, 0.29) is 5.78 Å². The average Bonchev–Trinajstić information content (AvgIpc) is 2.05. The van der Waals surface area contributed by atoms with Gasteiger partial charge >= 0.3 is 0 Å². The van der Waals surface area contributed by atoms with Crippen LogP contribution in [0.25, 0.3) is 0 Å². The standard InChI is InChI=1S/C9H14O2/c1-8(11)9(7-10)5-3-2-4-6-9/h7H,2-6H2,1H3. The Hall–Kier alpha value is -0.660. The Balaban J connectivity index is 2.72. The van der Waals surface area contributed by atoms with Crippen molar-refractivity contribution in [3.63, 3.8) is 0 Å². The summed E-state index contributed by atoms with van der Waals surface area (Å²) in [6.07, 6.45) is 5.62. The van der Waals surface area contributed by atoms with E-state index >= 15 is 0 Å². The first kappa shape index (κ1) is 8.44. The van der Waals surface area contributed by atoms with Crippen molar-refractivity contribution >= 4 is 12.1 Å². The molecule has 2 heteroatoms. The minimum Gasteiger partial charge on any atom is -0.302 e. The first-order valence-corrected chi connectivity index (χ1v) is 4.19. The summed E-state index contributed by atoms with van der Waals surface area (Å²) in [5.41, 5.74) is -0.599. The van der Waals surface area contributed by atoms with Gasteiger partial charge in [0, 0.05) is 0 Å². The fourth-order valence-electron chi connectivity index (χ4n) is 1.74. The van der Waals surface area contributed by atoms with Crippen molar-refractivity contribution in [2.45, 2.75) is 39.0 Å². The SMILES string of the molecule is CC(=O)C1(C=O)CCCCC1. The van der Waals surface area contributed by atoms with Crippen LogP contribution in [0.3, 0.4) is 0 Å². The van der Waals surface area contributed by atoms with Gasteiger partial charge in [-0.15, -0.1) is 0 Å². The highest BCUT2D eigenvalue weighted by molar-refractivity contribution is 5.96. The van der Waals surface area contributed by atoms with Crippen LogP contribution < -0.4 is 0 Å². The van der Waals surface area contributed by atoms with E-state index in [0.717, 1.165) is 32.0 Å². The molecule has 2 nitrogen and oxygen atoms in total. The van der Waals surface area contributed by atoms with E-state index in [0.29, 0.717) is 0 Å². The van der Waals surface area contributed by atoms with Crippen LogP contribution in [0.4, 0.5) is 0 Å². The van der Waals surface area contributed by atoms with E-state index in [1.165, 1.54) is 13.3 Å². The largest absolute Gasteiger partial charge is 0.302 e. The van der Waals surface area contributed by atoms with Crippen LogP contribution in [0.15, 0.2) is 0 Å². The molecule has 0 atom stereocenters. The van der Waals surface area contributed by atoms with Crippen molar-refractivity contribution < 1.29 is 9.59 Å². The molecule has 11 heavy (non-hydrogen) atoms. The van der Waals surface area contributed by atoms with Crippen LogP contribution in [0.1, 0.15) is 39.0 Å². The highest BCUT2D eigenvalue weighted by Crippen LogP contribution is 2.34. The van der Waals surface area contributed by atoms with E-state index < -0.39 is 5.41 Å². The third-order valence-corrected chi connectivity index (χ3v) is 2.67. The predicted molar refractivity (Wildman–Crippen MR) is 42.3 cm³/mol. The minimum absolute atomic E-state index is 0.0483. The molecule has 0 heterocycles. The van der Waals surface area contributed by atoms with Gasteiger partial charge in [0.15, 0.2) is 0 Å². The Bertz CT molecular complexity index is 166. The maximum atomic E-state index is 11.1. The fraction of sp³-hybridized carbons (Fsp3) is 0.778. The number of ketones is 1. The summed E-state index contributed by atoms with van der Waals surface area (Å²) in [6.45, 7) is 1.53. The van der Waals surface area contributed by atoms with Crippen molar-refractivity contribution in [3.8, 4) is 0 Å². The van der Waals surface area contributed by atoms with Crippen molar-refractivity contribution in [2.24, 2.45) is 5.41 Å². The van der Waals surface area contributed by atoms with Gasteiger partial charge in [0.2, 0.25) is 0 Å². The normalized spacial score (nSPS) is 22.6. The van der Waals surface area contributed by atoms with Gasteiger partial charge in [0.25, 0.3) is 0 Å². The smallest absolute Gasteiger partial charge is 0.143 e. The Labute approximate surface area is 67.0 Å². The molecule has 1 aliphatic carbocycles. The number of aldehydes is 1. The van der Waals surface area contributed by atoms with E-state index in [1.54, 1.807) is 0 Å². The molecule has 0 aliphatic heterocycles. The highest BCUT2D eigenvalue weighted by Gasteiger charge is 2.35. The minimum atomic E-state index is -0.599. The molecule has 62 valence electrons. The lowest BCUT2D eigenvalue weighted by molar-refractivity contribution is -0.135. The molecule has 0 bridgehead atoms. The summed E-state index contributed by atoms with van der Waals surface area (Å²) in [4.78, 5) is 21.8. The van der Waals surface area contributed by atoms with Gasteiger partial charge in [0.1, 0.15) is 12.1 Å². The number of hydrogen-bond acceptors (Lipinski definition) is 2. The molecule has 0 unspecified atom stereocenters. The molecule has 0 aromatic heterocycles. The van der Waals surface area contributed by atoms with Gasteiger partial charge in [-0.05, 0) is 19.8 Å². The van der Waals surface area contributed by atoms with Crippen LogP contribution in [0, 0.1) is 5.41 Å². The molecule has 0 N–H and O–H groups in total. The molecule has 0 radical (unpaired) electrons. The third-order valence-electron chi connectivity index (χ3n) is 2.67. The number of hydrogen-bond donors (Lipinski definition) is 0. The number of Topliss-reactive ketones (excluding diaryl/α,β-unsaturated/α-hetero) is 1. The van der Waals surface area contributed by atoms with Crippen LogP contribution in [0.2, 0.25) is 0 Å². The highest BCUT2D eigenvalue weighted by atomic mass is 16.1. The summed E-state index contributed by atoms with van der Waals surface area (Å²) in [6, 6.07) is 0. The number of carbonyl (C=O) groups is 2. The summed E-state index contributed by atoms with van der Waals surface area (Å²) in [5, 5.41) is 0. The fourth-order valence-corrected chi connectivity index (χ4v) is 1.74. The van der Waals surface area contributed by atoms with Crippen LogP contribution in [0.5, 0.6) is 0 Å². The molecule has 1 saturated carbocycles. The lowest BCUT2D eigenvalue weighted by atomic mass is 9.73. The summed E-state index contributed by atoms with van der Waals surface area (Å²) in [7, 11) is 0. The second-order valence-corrected chi connectivity index (χ2v) is 3.39. The zero-order valence-electron chi connectivity index (χ0n) is 6.93. The molecule has 1 aliphatic rings. The van der Waals surface area contributed by atoms with E-state index in [2.05, 4.69) is 0 Å². The summed E-state index contributed by atoms with van der Waals surface area (Å²) < 4.78 is 0. The van der Waals surface area contributed by atoms with Gasteiger partial charge in [0.05, 0.1) is 5.41 Å². The van der Waals surface area contributed by atoms with Crippen molar-refractivity contribution in [3.05, 3.63) is 0 Å². The maximum Gasteiger partial charge on any atom is 0.143 e. The summed E-state index contributed by atoms with van der Waals surface area (Å²) >= 11 is 0. The van der Waals surface area contributed by atoms with E-state index in [4.69, 9.17) is 0 Å². The molecule has 0 spiro atoms. The zero-order chi connectivity index (χ0) is 8.32. The molecular formula is C9H14O2. The molecule has 0 aromatic rings. The molecule has 1 rings (SSSR count). The average molecular weight is 154 g/mol. The van der Waals surface area contributed by atoms with Gasteiger partial charge in [-0.1, -0.05) is 19.3 Å². The molecule has 0 aromatic carbocycles. The molecule has 0 amide bonds. The monoisotopic (exact) mass is 154 g/mol. The lowest BCUT2D eigenvalue weighted by Crippen LogP contribution is -2.33. The maximum absolute atomic E-state index is 11.1. The van der Waals surface area contributed by atoms with Crippen molar-refractivity contribution in [2.75, 3.05) is 0 Å². The Morgan fingerprint density at radius 2 is 1.82 bits per heavy atom. The number of carbonyl (C=O) groups excluding carboxylic acids is 2. The Morgan fingerprint density at radius 3 is 2.09 bits per heavy atom. The van der Waals surface area contributed by atoms with Gasteiger partial charge in [-0.25, -0.2) is 0 Å². The quantitative estimate of drug-likeness (QED) is 0.448.